The standard InChI is InChI=1S/C16H16ClN3O6S/c1-19(2)16(21)12-6-4-10(17)8-13(12)18-27(24,25)11-5-7-15(26-3)14(9-11)20(22)23/h4-9,18H,1-3H3. The number of amides is 1. The van der Waals surface area contributed by atoms with Crippen LogP contribution in [0.2, 0.25) is 5.02 Å². The summed E-state index contributed by atoms with van der Waals surface area (Å²) < 4.78 is 32.5. The highest BCUT2D eigenvalue weighted by molar-refractivity contribution is 7.92. The van der Waals surface area contributed by atoms with Crippen molar-refractivity contribution in [2.45, 2.75) is 4.90 Å². The molecule has 11 heteroatoms. The lowest BCUT2D eigenvalue weighted by molar-refractivity contribution is -0.386. The summed E-state index contributed by atoms with van der Waals surface area (Å²) in [5.41, 5.74) is -0.466. The molecule has 9 nitrogen and oxygen atoms in total. The number of ether oxygens (including phenoxy) is 1. The number of halogens is 1. The predicted octanol–water partition coefficient (Wildman–Crippen LogP) is 2.76. The van der Waals surface area contributed by atoms with Crippen molar-refractivity contribution in [1.29, 1.82) is 0 Å². The molecule has 0 atom stereocenters. The summed E-state index contributed by atoms with van der Waals surface area (Å²) >= 11 is 5.92. The van der Waals surface area contributed by atoms with E-state index in [2.05, 4.69) is 4.72 Å². The third-order valence-corrected chi connectivity index (χ3v) is 5.12. The van der Waals surface area contributed by atoms with E-state index in [4.69, 9.17) is 16.3 Å². The number of nitro groups is 1. The molecular weight excluding hydrogens is 398 g/mol. The first-order chi connectivity index (χ1) is 12.6. The van der Waals surface area contributed by atoms with E-state index in [1.165, 1.54) is 50.4 Å². The van der Waals surface area contributed by atoms with Crippen LogP contribution < -0.4 is 9.46 Å². The van der Waals surface area contributed by atoms with Gasteiger partial charge in [0.2, 0.25) is 0 Å². The van der Waals surface area contributed by atoms with Crippen molar-refractivity contribution in [3.63, 3.8) is 0 Å². The SMILES string of the molecule is COc1ccc(S(=O)(=O)Nc2cc(Cl)ccc2C(=O)N(C)C)cc1[N+](=O)[O-]. The summed E-state index contributed by atoms with van der Waals surface area (Å²) in [4.78, 5) is 23.6. The molecule has 2 aromatic rings. The van der Waals surface area contributed by atoms with E-state index in [0.29, 0.717) is 0 Å². The van der Waals surface area contributed by atoms with Gasteiger partial charge in [0.05, 0.1) is 28.2 Å². The number of hydrogen-bond donors (Lipinski definition) is 1. The van der Waals surface area contributed by atoms with Crippen molar-refractivity contribution < 1.29 is 22.9 Å². The van der Waals surface area contributed by atoms with Crippen molar-refractivity contribution in [3.05, 3.63) is 57.1 Å². The van der Waals surface area contributed by atoms with Gasteiger partial charge in [0.1, 0.15) is 0 Å². The Morgan fingerprint density at radius 1 is 1.22 bits per heavy atom. The molecule has 0 radical (unpaired) electrons. The number of hydrogen-bond acceptors (Lipinski definition) is 6. The first kappa shape index (κ1) is 20.5. The average molecular weight is 414 g/mol. The molecule has 2 aromatic carbocycles. The van der Waals surface area contributed by atoms with Crippen molar-refractivity contribution in [1.82, 2.24) is 4.90 Å². The molecule has 0 saturated carbocycles. The Labute approximate surface area is 160 Å². The van der Waals surface area contributed by atoms with Crippen LogP contribution in [0.5, 0.6) is 5.75 Å². The van der Waals surface area contributed by atoms with Gasteiger partial charge in [-0.1, -0.05) is 11.6 Å². The lowest BCUT2D eigenvalue weighted by Crippen LogP contribution is -2.24. The molecule has 0 spiro atoms. The fourth-order valence-electron chi connectivity index (χ4n) is 2.21. The van der Waals surface area contributed by atoms with Crippen molar-refractivity contribution >= 4 is 38.9 Å². The van der Waals surface area contributed by atoms with E-state index in [1.54, 1.807) is 0 Å². The fraction of sp³-hybridized carbons (Fsp3) is 0.188. The van der Waals surface area contributed by atoms with Gasteiger partial charge in [0, 0.05) is 25.2 Å². The quantitative estimate of drug-likeness (QED) is 0.574. The Morgan fingerprint density at radius 3 is 2.44 bits per heavy atom. The Kier molecular flexibility index (Phi) is 5.91. The monoisotopic (exact) mass is 413 g/mol. The van der Waals surface area contributed by atoms with Crippen LogP contribution in [0.3, 0.4) is 0 Å². The zero-order chi connectivity index (χ0) is 20.4. The summed E-state index contributed by atoms with van der Waals surface area (Å²) in [7, 11) is 0.0356. The van der Waals surface area contributed by atoms with E-state index in [9.17, 15) is 23.3 Å². The smallest absolute Gasteiger partial charge is 0.312 e. The van der Waals surface area contributed by atoms with Crippen LogP contribution in [-0.4, -0.2) is 45.4 Å². The molecule has 0 bridgehead atoms. The lowest BCUT2D eigenvalue weighted by Gasteiger charge is -2.16. The van der Waals surface area contributed by atoms with Crippen LogP contribution in [-0.2, 0) is 10.0 Å². The molecular formula is C16H16ClN3O6S. The van der Waals surface area contributed by atoms with Crippen LogP contribution >= 0.6 is 11.6 Å². The number of carbonyl (C=O) groups is 1. The zero-order valence-corrected chi connectivity index (χ0v) is 16.2. The van der Waals surface area contributed by atoms with Gasteiger partial charge in [-0.25, -0.2) is 8.42 Å². The van der Waals surface area contributed by atoms with Gasteiger partial charge in [0.25, 0.3) is 15.9 Å². The summed E-state index contributed by atoms with van der Waals surface area (Å²) in [5.74, 6) is -0.518. The number of nitro benzene ring substituents is 1. The maximum atomic E-state index is 12.7. The molecule has 0 heterocycles. The van der Waals surface area contributed by atoms with Crippen LogP contribution in [0.4, 0.5) is 11.4 Å². The molecule has 0 unspecified atom stereocenters. The molecule has 2 rings (SSSR count). The largest absolute Gasteiger partial charge is 0.490 e. The Morgan fingerprint density at radius 2 is 1.89 bits per heavy atom. The number of carbonyl (C=O) groups excluding carboxylic acids is 1. The van der Waals surface area contributed by atoms with E-state index < -0.39 is 26.5 Å². The van der Waals surface area contributed by atoms with Crippen molar-refractivity contribution in [3.8, 4) is 5.75 Å². The first-order valence-electron chi connectivity index (χ1n) is 7.43. The second-order valence-corrected chi connectivity index (χ2v) is 7.70. The molecule has 0 aliphatic heterocycles. The number of nitrogens with zero attached hydrogens (tertiary/aromatic N) is 2. The van der Waals surface area contributed by atoms with E-state index in [-0.39, 0.29) is 26.9 Å². The molecule has 144 valence electrons. The van der Waals surface area contributed by atoms with Gasteiger partial charge in [-0.2, -0.15) is 0 Å². The summed E-state index contributed by atoms with van der Waals surface area (Å²) in [6.07, 6.45) is 0. The first-order valence-corrected chi connectivity index (χ1v) is 9.29. The van der Waals surface area contributed by atoms with Gasteiger partial charge in [-0.15, -0.1) is 0 Å². The van der Waals surface area contributed by atoms with Crippen LogP contribution in [0.1, 0.15) is 10.4 Å². The number of anilines is 1. The number of benzene rings is 2. The van der Waals surface area contributed by atoms with Gasteiger partial charge < -0.3 is 9.64 Å². The highest BCUT2D eigenvalue weighted by atomic mass is 35.5. The molecule has 1 N–H and O–H groups in total. The summed E-state index contributed by atoms with van der Waals surface area (Å²) in [6, 6.07) is 7.34. The maximum Gasteiger partial charge on any atom is 0.312 e. The minimum Gasteiger partial charge on any atom is -0.490 e. The predicted molar refractivity (Wildman–Crippen MR) is 99.9 cm³/mol. The summed E-state index contributed by atoms with van der Waals surface area (Å²) in [5, 5.41) is 11.3. The minimum absolute atomic E-state index is 0.0420. The van der Waals surface area contributed by atoms with Crippen LogP contribution in [0.15, 0.2) is 41.3 Å². The van der Waals surface area contributed by atoms with Crippen molar-refractivity contribution in [2.24, 2.45) is 0 Å². The molecule has 0 aromatic heterocycles. The fourth-order valence-corrected chi connectivity index (χ4v) is 3.47. The lowest BCUT2D eigenvalue weighted by atomic mass is 10.1. The molecule has 0 aliphatic rings. The highest BCUT2D eigenvalue weighted by Crippen LogP contribution is 2.31. The molecule has 1 amide bonds. The molecule has 0 aliphatic carbocycles. The second-order valence-electron chi connectivity index (χ2n) is 5.59. The third kappa shape index (κ3) is 4.47. The second kappa shape index (κ2) is 7.80. The Balaban J connectivity index is 2.51. The average Bonchev–Trinajstić information content (AvgIpc) is 2.60. The van der Waals surface area contributed by atoms with E-state index in [0.717, 1.165) is 12.1 Å². The minimum atomic E-state index is -4.23. The molecule has 0 fully saturated rings. The normalized spacial score (nSPS) is 11.0. The molecule has 27 heavy (non-hydrogen) atoms. The Bertz CT molecular complexity index is 1010. The zero-order valence-electron chi connectivity index (χ0n) is 14.6. The van der Waals surface area contributed by atoms with Gasteiger partial charge in [-0.3, -0.25) is 19.6 Å². The maximum absolute atomic E-state index is 12.7. The topological polar surface area (TPSA) is 119 Å². The van der Waals surface area contributed by atoms with E-state index in [1.807, 2.05) is 0 Å². The number of rotatable bonds is 6. The van der Waals surface area contributed by atoms with Crippen LogP contribution in [0.25, 0.3) is 0 Å². The highest BCUT2D eigenvalue weighted by Gasteiger charge is 2.24. The van der Waals surface area contributed by atoms with E-state index >= 15 is 0 Å². The summed E-state index contributed by atoms with van der Waals surface area (Å²) in [6.45, 7) is 0. The van der Waals surface area contributed by atoms with Crippen molar-refractivity contribution in [2.75, 3.05) is 25.9 Å². The Hall–Kier alpha value is -2.85. The van der Waals surface area contributed by atoms with Gasteiger partial charge in [0.15, 0.2) is 5.75 Å². The number of methoxy groups -OCH3 is 1. The third-order valence-electron chi connectivity index (χ3n) is 3.52. The van der Waals surface area contributed by atoms with Crippen LogP contribution in [0, 0.1) is 10.1 Å². The molecule has 0 saturated heterocycles. The number of nitrogens with one attached hydrogen (secondary N) is 1. The van der Waals surface area contributed by atoms with Gasteiger partial charge in [-0.05, 0) is 30.3 Å². The number of sulfonamides is 1. The van der Waals surface area contributed by atoms with Gasteiger partial charge >= 0.3 is 5.69 Å².